The van der Waals surface area contributed by atoms with Crippen molar-refractivity contribution in [1.82, 2.24) is 15.3 Å². The molecule has 1 aromatic heterocycles. The van der Waals surface area contributed by atoms with Crippen molar-refractivity contribution < 1.29 is 9.53 Å². The minimum absolute atomic E-state index is 0.190. The van der Waals surface area contributed by atoms with Gasteiger partial charge in [0.2, 0.25) is 0 Å². The van der Waals surface area contributed by atoms with Crippen LogP contribution >= 0.6 is 0 Å². The molecule has 3 rings (SSSR count). The number of ether oxygens (including phenoxy) is 1. The number of amides is 1. The molecule has 0 atom stereocenters. The van der Waals surface area contributed by atoms with Crippen LogP contribution in [0.25, 0.3) is 11.4 Å². The molecule has 0 saturated heterocycles. The number of carbonyl (C=O) groups excluding carboxylic acids is 1. The predicted octanol–water partition coefficient (Wildman–Crippen LogP) is 2.48. The minimum atomic E-state index is -0.190. The second kappa shape index (κ2) is 7.88. The number of nitrogens with one attached hydrogen (secondary N) is 2. The summed E-state index contributed by atoms with van der Waals surface area (Å²) in [6, 6.07) is 11.9. The normalized spacial score (nSPS) is 13.5. The first-order valence-corrected chi connectivity index (χ1v) is 8.24. The second-order valence-electron chi connectivity index (χ2n) is 5.85. The maximum atomic E-state index is 12.4. The molecule has 1 aliphatic carbocycles. The van der Waals surface area contributed by atoms with E-state index in [-0.39, 0.29) is 5.91 Å². The van der Waals surface area contributed by atoms with E-state index >= 15 is 0 Å². The van der Waals surface area contributed by atoms with Crippen LogP contribution in [0.3, 0.4) is 0 Å². The Bertz CT molecular complexity index is 687. The van der Waals surface area contributed by atoms with Gasteiger partial charge in [-0.25, -0.2) is 9.97 Å². The average molecular weight is 326 g/mol. The number of carbonyl (C=O) groups is 1. The number of hydrogen-bond acceptors (Lipinski definition) is 5. The van der Waals surface area contributed by atoms with Gasteiger partial charge in [0.05, 0.1) is 0 Å². The highest BCUT2D eigenvalue weighted by atomic mass is 16.5. The highest BCUT2D eigenvalue weighted by Crippen LogP contribution is 2.25. The van der Waals surface area contributed by atoms with Crippen molar-refractivity contribution in [3.05, 3.63) is 42.1 Å². The Morgan fingerprint density at radius 1 is 1.25 bits per heavy atom. The first-order valence-electron chi connectivity index (χ1n) is 8.24. The molecule has 24 heavy (non-hydrogen) atoms. The molecular weight excluding hydrogens is 304 g/mol. The molecule has 6 nitrogen and oxygen atoms in total. The number of anilines is 1. The second-order valence-corrected chi connectivity index (χ2v) is 5.85. The molecule has 2 aromatic rings. The first kappa shape index (κ1) is 16.4. The number of aromatic nitrogens is 2. The third-order valence-corrected chi connectivity index (χ3v) is 3.73. The van der Waals surface area contributed by atoms with Gasteiger partial charge in [0.1, 0.15) is 11.5 Å². The molecule has 2 N–H and O–H groups in total. The van der Waals surface area contributed by atoms with E-state index in [0.717, 1.165) is 24.8 Å². The van der Waals surface area contributed by atoms with Crippen molar-refractivity contribution in [2.45, 2.75) is 25.3 Å². The van der Waals surface area contributed by atoms with Crippen LogP contribution in [0.4, 0.5) is 5.82 Å². The first-order chi connectivity index (χ1) is 11.8. The van der Waals surface area contributed by atoms with Gasteiger partial charge in [-0.05, 0) is 19.3 Å². The van der Waals surface area contributed by atoms with Crippen LogP contribution in [0.1, 0.15) is 29.8 Å². The van der Waals surface area contributed by atoms with Crippen molar-refractivity contribution in [2.24, 2.45) is 0 Å². The van der Waals surface area contributed by atoms with Gasteiger partial charge in [-0.15, -0.1) is 0 Å². The Labute approximate surface area is 141 Å². The Morgan fingerprint density at radius 3 is 2.75 bits per heavy atom. The molecule has 1 fully saturated rings. The molecule has 1 aromatic carbocycles. The van der Waals surface area contributed by atoms with E-state index in [2.05, 4.69) is 20.6 Å². The van der Waals surface area contributed by atoms with Gasteiger partial charge in [0.15, 0.2) is 5.82 Å². The lowest BCUT2D eigenvalue weighted by molar-refractivity contribution is 0.0943. The zero-order valence-corrected chi connectivity index (χ0v) is 13.8. The van der Waals surface area contributed by atoms with Crippen LogP contribution < -0.4 is 10.6 Å². The molecular formula is C18H22N4O2. The molecule has 6 heteroatoms. The van der Waals surface area contributed by atoms with Crippen LogP contribution in [0.2, 0.25) is 0 Å². The van der Waals surface area contributed by atoms with Gasteiger partial charge in [-0.2, -0.15) is 0 Å². The van der Waals surface area contributed by atoms with E-state index in [0.29, 0.717) is 36.5 Å². The zero-order chi connectivity index (χ0) is 16.8. The lowest BCUT2D eigenvalue weighted by Crippen LogP contribution is -2.26. The average Bonchev–Trinajstić information content (AvgIpc) is 3.43. The smallest absolute Gasteiger partial charge is 0.270 e. The Hall–Kier alpha value is -2.47. The summed E-state index contributed by atoms with van der Waals surface area (Å²) in [4.78, 5) is 21.4. The summed E-state index contributed by atoms with van der Waals surface area (Å²) in [5.41, 5.74) is 1.27. The molecule has 0 aliphatic heterocycles. The monoisotopic (exact) mass is 326 g/mol. The van der Waals surface area contributed by atoms with Crippen molar-refractivity contribution in [3.8, 4) is 11.4 Å². The highest BCUT2D eigenvalue weighted by Gasteiger charge is 2.22. The number of benzene rings is 1. The fraction of sp³-hybridized carbons (Fsp3) is 0.389. The molecule has 1 amide bonds. The maximum Gasteiger partial charge on any atom is 0.270 e. The van der Waals surface area contributed by atoms with Gasteiger partial charge in [-0.3, -0.25) is 4.79 Å². The van der Waals surface area contributed by atoms with E-state index in [1.807, 2.05) is 30.3 Å². The molecule has 1 saturated carbocycles. The summed E-state index contributed by atoms with van der Waals surface area (Å²) in [5, 5.41) is 6.22. The van der Waals surface area contributed by atoms with Crippen molar-refractivity contribution in [2.75, 3.05) is 25.6 Å². The minimum Gasteiger partial charge on any atom is -0.385 e. The molecule has 0 unspecified atom stereocenters. The van der Waals surface area contributed by atoms with Crippen LogP contribution in [0.5, 0.6) is 0 Å². The lowest BCUT2D eigenvalue weighted by Gasteiger charge is -2.10. The molecule has 1 heterocycles. The maximum absolute atomic E-state index is 12.4. The summed E-state index contributed by atoms with van der Waals surface area (Å²) in [5.74, 6) is 1.07. The van der Waals surface area contributed by atoms with E-state index in [9.17, 15) is 4.79 Å². The third-order valence-electron chi connectivity index (χ3n) is 3.73. The van der Waals surface area contributed by atoms with Crippen LogP contribution in [-0.4, -0.2) is 42.2 Å². The number of methoxy groups -OCH3 is 1. The largest absolute Gasteiger partial charge is 0.385 e. The fourth-order valence-corrected chi connectivity index (χ4v) is 2.30. The van der Waals surface area contributed by atoms with Crippen LogP contribution in [0.15, 0.2) is 36.4 Å². The predicted molar refractivity (Wildman–Crippen MR) is 92.9 cm³/mol. The summed E-state index contributed by atoms with van der Waals surface area (Å²) in [7, 11) is 1.65. The van der Waals surface area contributed by atoms with Gasteiger partial charge < -0.3 is 15.4 Å². The SMILES string of the molecule is COCCCNC(=O)c1cc(NC2CC2)nc(-c2ccccc2)n1. The molecule has 0 radical (unpaired) electrons. The van der Waals surface area contributed by atoms with Gasteiger partial charge >= 0.3 is 0 Å². The van der Waals surface area contributed by atoms with Gasteiger partial charge in [0, 0.05) is 37.9 Å². The van der Waals surface area contributed by atoms with Gasteiger partial charge in [0.25, 0.3) is 5.91 Å². The molecule has 126 valence electrons. The summed E-state index contributed by atoms with van der Waals surface area (Å²) in [6.45, 7) is 1.18. The molecule has 1 aliphatic rings. The fourth-order valence-electron chi connectivity index (χ4n) is 2.30. The summed E-state index contributed by atoms with van der Waals surface area (Å²) < 4.78 is 4.99. The number of hydrogen-bond donors (Lipinski definition) is 2. The van der Waals surface area contributed by atoms with E-state index in [4.69, 9.17) is 4.74 Å². The number of nitrogens with zero attached hydrogens (tertiary/aromatic N) is 2. The summed E-state index contributed by atoms with van der Waals surface area (Å²) in [6.07, 6.45) is 3.05. The quantitative estimate of drug-likeness (QED) is 0.729. The van der Waals surface area contributed by atoms with E-state index in [1.54, 1.807) is 13.2 Å². The van der Waals surface area contributed by atoms with Crippen molar-refractivity contribution in [3.63, 3.8) is 0 Å². The van der Waals surface area contributed by atoms with E-state index in [1.165, 1.54) is 0 Å². The van der Waals surface area contributed by atoms with Crippen molar-refractivity contribution in [1.29, 1.82) is 0 Å². The summed E-state index contributed by atoms with van der Waals surface area (Å²) >= 11 is 0. The Kier molecular flexibility index (Phi) is 5.38. The third kappa shape index (κ3) is 4.52. The number of rotatable bonds is 8. The van der Waals surface area contributed by atoms with Crippen molar-refractivity contribution >= 4 is 11.7 Å². The standard InChI is InChI=1S/C18H22N4O2/c1-24-11-5-10-19-18(23)15-12-16(20-14-8-9-14)22-17(21-15)13-6-3-2-4-7-13/h2-4,6-7,12,14H,5,8-11H2,1H3,(H,19,23)(H,20,21,22). The van der Waals surface area contributed by atoms with Gasteiger partial charge in [-0.1, -0.05) is 30.3 Å². The highest BCUT2D eigenvalue weighted by molar-refractivity contribution is 5.93. The zero-order valence-electron chi connectivity index (χ0n) is 13.8. The molecule has 0 spiro atoms. The Morgan fingerprint density at radius 2 is 2.04 bits per heavy atom. The van der Waals surface area contributed by atoms with Crippen LogP contribution in [0, 0.1) is 0 Å². The Balaban J connectivity index is 1.80. The molecule has 0 bridgehead atoms. The van der Waals surface area contributed by atoms with Crippen LogP contribution in [-0.2, 0) is 4.74 Å². The lowest BCUT2D eigenvalue weighted by atomic mass is 10.2. The van der Waals surface area contributed by atoms with E-state index < -0.39 is 0 Å². The topological polar surface area (TPSA) is 76.1 Å².